The molecule has 11 nitrogen and oxygen atoms in total. The molecule has 0 heterocycles. The molecule has 3 fully saturated rings. The van der Waals surface area contributed by atoms with Crippen LogP contribution in [0.25, 0.3) is 0 Å². The van der Waals surface area contributed by atoms with Crippen LogP contribution in [0, 0.1) is 70.0 Å². The molecule has 0 bridgehead atoms. The highest BCUT2D eigenvalue weighted by Crippen LogP contribution is 2.67. The summed E-state index contributed by atoms with van der Waals surface area (Å²) in [5, 5.41) is 0. The summed E-state index contributed by atoms with van der Waals surface area (Å²) in [7, 11) is 1.30. The van der Waals surface area contributed by atoms with Gasteiger partial charge < -0.3 is 23.6 Å². The van der Waals surface area contributed by atoms with Gasteiger partial charge in [0.2, 0.25) is 0 Å². The summed E-state index contributed by atoms with van der Waals surface area (Å²) in [5.74, 6) is 15.3. The van der Waals surface area contributed by atoms with Crippen LogP contribution in [0.4, 0.5) is 0 Å². The van der Waals surface area contributed by atoms with Gasteiger partial charge in [-0.3, -0.25) is 23.4 Å². The van der Waals surface area contributed by atoms with Gasteiger partial charge in [-0.25, -0.2) is 4.57 Å². The maximum Gasteiger partial charge on any atom is 0.472 e. The summed E-state index contributed by atoms with van der Waals surface area (Å²) in [6, 6.07) is 0. The number of esters is 3. The molecule has 3 saturated carbocycles. The summed E-state index contributed by atoms with van der Waals surface area (Å²) in [4.78, 5) is 49.4. The molecule has 0 aromatic heterocycles. The molecule has 4 aliphatic carbocycles. The van der Waals surface area contributed by atoms with Crippen LogP contribution in [0.1, 0.15) is 234 Å². The van der Waals surface area contributed by atoms with Crippen LogP contribution in [-0.4, -0.2) is 87.0 Å². The molecule has 74 heavy (non-hydrogen) atoms. The first-order valence-electron chi connectivity index (χ1n) is 29.9. The second-order valence-corrected chi connectivity index (χ2v) is 26.5. The van der Waals surface area contributed by atoms with Gasteiger partial charge in [-0.1, -0.05) is 155 Å². The van der Waals surface area contributed by atoms with Crippen molar-refractivity contribution in [2.24, 2.45) is 46.3 Å². The average Bonchev–Trinajstić information content (AvgIpc) is 3.70. The third-order valence-electron chi connectivity index (χ3n) is 17.6. The lowest BCUT2D eigenvalue weighted by molar-refractivity contribution is -0.870. The molecule has 0 amide bonds. The summed E-state index contributed by atoms with van der Waals surface area (Å²) in [5.41, 5.74) is 2.03. The van der Waals surface area contributed by atoms with Gasteiger partial charge in [0, 0.05) is 25.7 Å². The Morgan fingerprint density at radius 2 is 1.36 bits per heavy atom. The molecule has 0 saturated heterocycles. The number of carbonyl (C=O) groups excluding carboxylic acids is 3. The van der Waals surface area contributed by atoms with Gasteiger partial charge in [-0.15, -0.1) is 0 Å². The standard InChI is InChI=1S/C62H104NO10P/c1-10-11-12-13-14-15-16-17-18-19-20-21-22-23-24-25-26-27-28-29-33-59(65)73-53(48-71-74(67,68)70-45-44-63(7,8)9)47-69-58(64)38-39-60(66)72-52-40-42-61(5)51(46-52)34-35-54-56-37-36-55(50(4)32-30-31-49(2)3)62(56,6)43-41-57(54)61/h34,49-50,52-57H,10-18,23-33,35-48H2,1-9H3/p+1/t50-,52+,53?,54+,55-,56+,57+,61+,62-/m1/s1. The molecular formula is C62H105NO10P+. The molecule has 0 aliphatic heterocycles. The fourth-order valence-corrected chi connectivity index (χ4v) is 14.0. The van der Waals surface area contributed by atoms with Gasteiger partial charge in [0.05, 0.1) is 40.6 Å². The Kier molecular flexibility index (Phi) is 28.4. The zero-order valence-corrected chi connectivity index (χ0v) is 49.1. The molecular weight excluding hydrogens is 950 g/mol. The van der Waals surface area contributed by atoms with E-state index in [0.29, 0.717) is 28.8 Å². The van der Waals surface area contributed by atoms with Crippen molar-refractivity contribution in [2.75, 3.05) is 47.5 Å². The summed E-state index contributed by atoms with van der Waals surface area (Å²) >= 11 is 0. The van der Waals surface area contributed by atoms with Crippen molar-refractivity contribution in [3.8, 4) is 23.7 Å². The minimum absolute atomic E-state index is 0.0220. The van der Waals surface area contributed by atoms with Crippen LogP contribution in [-0.2, 0) is 42.2 Å². The van der Waals surface area contributed by atoms with Crippen molar-refractivity contribution in [3.05, 3.63) is 11.6 Å². The van der Waals surface area contributed by atoms with Crippen molar-refractivity contribution in [1.82, 2.24) is 0 Å². The molecule has 422 valence electrons. The Morgan fingerprint density at radius 1 is 0.730 bits per heavy atom. The van der Waals surface area contributed by atoms with E-state index in [1.54, 1.807) is 0 Å². The smallest absolute Gasteiger partial charge is 0.462 e. The number of likely N-dealkylation sites (N-methyl/N-ethyl adjacent to an activating group) is 1. The van der Waals surface area contributed by atoms with Crippen molar-refractivity contribution < 1.29 is 51.6 Å². The summed E-state index contributed by atoms with van der Waals surface area (Å²) in [6.07, 6.45) is 31.8. The summed E-state index contributed by atoms with van der Waals surface area (Å²) < 4.78 is 40.7. The number of phosphoric ester groups is 1. The van der Waals surface area contributed by atoms with Gasteiger partial charge in [0.15, 0.2) is 6.10 Å². The number of fused-ring (bicyclic) bond motifs is 5. The van der Waals surface area contributed by atoms with Crippen LogP contribution in [0.15, 0.2) is 11.6 Å². The number of hydrogen-bond acceptors (Lipinski definition) is 9. The van der Waals surface area contributed by atoms with E-state index in [1.807, 2.05) is 21.1 Å². The normalized spacial score (nSPS) is 25.9. The predicted octanol–water partition coefficient (Wildman–Crippen LogP) is 14.7. The molecule has 0 spiro atoms. The number of hydrogen-bond donors (Lipinski definition) is 1. The molecule has 0 radical (unpaired) electrons. The van der Waals surface area contributed by atoms with E-state index in [9.17, 15) is 23.8 Å². The average molecular weight is 1060 g/mol. The zero-order chi connectivity index (χ0) is 54.0. The van der Waals surface area contributed by atoms with Gasteiger partial charge in [0.25, 0.3) is 0 Å². The molecule has 12 heteroatoms. The first-order chi connectivity index (χ1) is 35.3. The maximum absolute atomic E-state index is 13.2. The number of allylic oxidation sites excluding steroid dienone is 1. The number of nitrogens with zero attached hydrogens (tertiary/aromatic N) is 1. The fraction of sp³-hybridized carbons (Fsp3) is 0.855. The SMILES string of the molecule is CCCCCCCCCCC#CC#CCCCCCCCCC(=O)OC(COC(=O)CCC(=O)O[C@H]1CC[C@@]2(C)C(=CC[C@H]3[C@@H]4CC[C@H]([C@H](C)CCCC(C)C)[C@@]4(C)CC[C@@H]32)C1)COP(=O)(O)OCC[N+](C)(C)C. The highest BCUT2D eigenvalue weighted by Gasteiger charge is 2.59. The van der Waals surface area contributed by atoms with E-state index in [-0.39, 0.29) is 37.4 Å². The number of quaternary nitrogens is 1. The zero-order valence-electron chi connectivity index (χ0n) is 48.3. The first-order valence-corrected chi connectivity index (χ1v) is 31.4. The van der Waals surface area contributed by atoms with E-state index in [4.69, 9.17) is 23.3 Å². The Balaban J connectivity index is 1.15. The first kappa shape index (κ1) is 63.9. The number of phosphoric acid groups is 1. The van der Waals surface area contributed by atoms with Gasteiger partial charge >= 0.3 is 25.7 Å². The molecule has 4 rings (SSSR count). The van der Waals surface area contributed by atoms with Gasteiger partial charge in [0.1, 0.15) is 25.9 Å². The highest BCUT2D eigenvalue weighted by atomic mass is 31.2. The number of ether oxygens (including phenoxy) is 3. The third kappa shape index (κ3) is 22.7. The Hall–Kier alpha value is -2.66. The number of carbonyl (C=O) groups is 3. The highest BCUT2D eigenvalue weighted by molar-refractivity contribution is 7.47. The van der Waals surface area contributed by atoms with Crippen LogP contribution in [0.3, 0.4) is 0 Å². The molecule has 1 N–H and O–H groups in total. The minimum atomic E-state index is -4.49. The minimum Gasteiger partial charge on any atom is -0.462 e. The van der Waals surface area contributed by atoms with Crippen LogP contribution < -0.4 is 0 Å². The second kappa shape index (κ2) is 32.9. The Labute approximate surface area is 451 Å². The lowest BCUT2D eigenvalue weighted by Crippen LogP contribution is -2.51. The second-order valence-electron chi connectivity index (χ2n) is 25.0. The number of unbranched alkanes of at least 4 members (excludes halogenated alkanes) is 14. The van der Waals surface area contributed by atoms with Crippen LogP contribution >= 0.6 is 7.82 Å². The predicted molar refractivity (Wildman–Crippen MR) is 297 cm³/mol. The van der Waals surface area contributed by atoms with Crippen molar-refractivity contribution in [2.45, 2.75) is 246 Å². The van der Waals surface area contributed by atoms with E-state index in [1.165, 1.54) is 95.5 Å². The van der Waals surface area contributed by atoms with Gasteiger partial charge in [-0.05, 0) is 122 Å². The monoisotopic (exact) mass is 1050 g/mol. The van der Waals surface area contributed by atoms with E-state index >= 15 is 0 Å². The molecule has 0 aromatic rings. The number of rotatable bonds is 35. The van der Waals surface area contributed by atoms with Crippen LogP contribution in [0.5, 0.6) is 0 Å². The topological polar surface area (TPSA) is 135 Å². The quantitative estimate of drug-likeness (QED) is 0.0124. The van der Waals surface area contributed by atoms with Crippen molar-refractivity contribution in [1.29, 1.82) is 0 Å². The maximum atomic E-state index is 13.2. The lowest BCUT2D eigenvalue weighted by atomic mass is 9.47. The molecule has 4 aliphatic rings. The Bertz CT molecular complexity index is 1900. The van der Waals surface area contributed by atoms with Gasteiger partial charge in [-0.2, -0.15) is 0 Å². The lowest BCUT2D eigenvalue weighted by Gasteiger charge is -2.58. The van der Waals surface area contributed by atoms with E-state index in [2.05, 4.69) is 71.3 Å². The summed E-state index contributed by atoms with van der Waals surface area (Å²) in [6.45, 7) is 14.1. The van der Waals surface area contributed by atoms with E-state index in [0.717, 1.165) is 107 Å². The largest absolute Gasteiger partial charge is 0.472 e. The van der Waals surface area contributed by atoms with Crippen molar-refractivity contribution >= 4 is 25.7 Å². The molecule has 0 aromatic carbocycles. The van der Waals surface area contributed by atoms with Crippen molar-refractivity contribution in [3.63, 3.8) is 0 Å². The van der Waals surface area contributed by atoms with Crippen LogP contribution in [0.2, 0.25) is 0 Å². The molecule has 2 unspecified atom stereocenters. The third-order valence-corrected chi connectivity index (χ3v) is 18.6. The van der Waals surface area contributed by atoms with E-state index < -0.39 is 45.0 Å². The fourth-order valence-electron chi connectivity index (χ4n) is 13.2. The Morgan fingerprint density at radius 3 is 2.01 bits per heavy atom. The molecule has 10 atom stereocenters.